The minimum Gasteiger partial charge on any atom is -0.496 e. The second kappa shape index (κ2) is 8.59. The Bertz CT molecular complexity index is 1070. The van der Waals surface area contributed by atoms with Gasteiger partial charge in [-0.3, -0.25) is 9.69 Å². The molecule has 30 heavy (non-hydrogen) atoms. The maximum atomic E-state index is 12.8. The first-order chi connectivity index (χ1) is 14.6. The van der Waals surface area contributed by atoms with Crippen molar-refractivity contribution in [1.82, 2.24) is 14.9 Å². The van der Waals surface area contributed by atoms with Gasteiger partial charge in [0.1, 0.15) is 23.1 Å². The van der Waals surface area contributed by atoms with E-state index in [1.54, 1.807) is 21.3 Å². The molecule has 0 aliphatic carbocycles. The van der Waals surface area contributed by atoms with Crippen LogP contribution in [0, 0.1) is 0 Å². The molecule has 0 bridgehead atoms. The molecule has 0 spiro atoms. The van der Waals surface area contributed by atoms with Crippen LogP contribution < -0.4 is 19.8 Å². The van der Waals surface area contributed by atoms with E-state index in [-0.39, 0.29) is 5.56 Å². The zero-order chi connectivity index (χ0) is 21.1. The van der Waals surface area contributed by atoms with E-state index in [2.05, 4.69) is 9.88 Å². The maximum absolute atomic E-state index is 12.8. The predicted octanol–water partition coefficient (Wildman–Crippen LogP) is 3.02. The topological polar surface area (TPSA) is 76.7 Å². The van der Waals surface area contributed by atoms with Crippen LogP contribution in [0.3, 0.4) is 0 Å². The van der Waals surface area contributed by atoms with Crippen LogP contribution in [0.15, 0.2) is 47.3 Å². The van der Waals surface area contributed by atoms with Gasteiger partial charge in [0, 0.05) is 43.8 Å². The van der Waals surface area contributed by atoms with Crippen LogP contribution in [0.1, 0.15) is 16.8 Å². The summed E-state index contributed by atoms with van der Waals surface area (Å²) in [6.45, 7) is 1.90. The standard InChI is InChI=1S/C23H25N3O4/c1-28-16-11-20(29-2)18(21(12-16)30-3)14-26-10-9-19-17(13-26)23(27)25-22(24-19)15-7-5-4-6-8-15/h4-8,11-12H,9-10,13-14H2,1-3H3,(H,24,25,27). The third-order valence-electron chi connectivity index (χ3n) is 5.39. The molecule has 1 N–H and O–H groups in total. The highest BCUT2D eigenvalue weighted by molar-refractivity contribution is 5.55. The summed E-state index contributed by atoms with van der Waals surface area (Å²) in [4.78, 5) is 22.7. The van der Waals surface area contributed by atoms with E-state index in [0.29, 0.717) is 48.1 Å². The molecule has 0 unspecified atom stereocenters. The number of aromatic amines is 1. The first-order valence-electron chi connectivity index (χ1n) is 9.81. The fourth-order valence-electron chi connectivity index (χ4n) is 3.81. The van der Waals surface area contributed by atoms with E-state index < -0.39 is 0 Å². The number of ether oxygens (including phenoxy) is 3. The van der Waals surface area contributed by atoms with E-state index in [1.807, 2.05) is 42.5 Å². The second-order valence-corrected chi connectivity index (χ2v) is 7.18. The summed E-state index contributed by atoms with van der Waals surface area (Å²) in [6, 6.07) is 13.4. The Morgan fingerprint density at radius 3 is 2.37 bits per heavy atom. The van der Waals surface area contributed by atoms with Crippen molar-refractivity contribution in [3.05, 3.63) is 69.6 Å². The predicted molar refractivity (Wildman–Crippen MR) is 114 cm³/mol. The van der Waals surface area contributed by atoms with Gasteiger partial charge >= 0.3 is 0 Å². The van der Waals surface area contributed by atoms with Crippen LogP contribution in [-0.2, 0) is 19.5 Å². The van der Waals surface area contributed by atoms with Gasteiger partial charge in [-0.25, -0.2) is 4.98 Å². The van der Waals surface area contributed by atoms with Crippen molar-refractivity contribution in [3.63, 3.8) is 0 Å². The lowest BCUT2D eigenvalue weighted by atomic mass is 10.0. The molecule has 2 heterocycles. The number of methoxy groups -OCH3 is 3. The number of hydrogen-bond acceptors (Lipinski definition) is 6. The third-order valence-corrected chi connectivity index (χ3v) is 5.39. The van der Waals surface area contributed by atoms with E-state index in [9.17, 15) is 4.79 Å². The molecule has 1 aliphatic rings. The summed E-state index contributed by atoms with van der Waals surface area (Å²) in [5.74, 6) is 2.68. The first kappa shape index (κ1) is 20.0. The molecule has 1 aliphatic heterocycles. The number of H-pyrrole nitrogens is 1. The molecule has 0 saturated heterocycles. The van der Waals surface area contributed by atoms with Crippen molar-refractivity contribution < 1.29 is 14.2 Å². The molecule has 0 atom stereocenters. The largest absolute Gasteiger partial charge is 0.496 e. The Morgan fingerprint density at radius 2 is 1.73 bits per heavy atom. The lowest BCUT2D eigenvalue weighted by Gasteiger charge is -2.29. The van der Waals surface area contributed by atoms with Crippen LogP contribution in [0.4, 0.5) is 0 Å². The van der Waals surface area contributed by atoms with E-state index in [4.69, 9.17) is 19.2 Å². The molecule has 1 aromatic heterocycles. The van der Waals surface area contributed by atoms with Crippen LogP contribution in [0.2, 0.25) is 0 Å². The van der Waals surface area contributed by atoms with Gasteiger partial charge in [0.05, 0.1) is 38.2 Å². The molecule has 0 radical (unpaired) electrons. The number of nitrogens with zero attached hydrogens (tertiary/aromatic N) is 2. The highest BCUT2D eigenvalue weighted by Crippen LogP contribution is 2.35. The van der Waals surface area contributed by atoms with E-state index in [1.165, 1.54) is 0 Å². The SMILES string of the molecule is COc1cc(OC)c(CN2CCc3nc(-c4ccccc4)[nH]c(=O)c3C2)c(OC)c1. The van der Waals surface area contributed by atoms with E-state index in [0.717, 1.165) is 23.4 Å². The van der Waals surface area contributed by atoms with Gasteiger partial charge in [0.15, 0.2) is 0 Å². The van der Waals surface area contributed by atoms with Gasteiger partial charge in [0.2, 0.25) is 0 Å². The van der Waals surface area contributed by atoms with Gasteiger partial charge in [-0.05, 0) is 0 Å². The number of aromatic nitrogens is 2. The minimum atomic E-state index is -0.0859. The Hall–Kier alpha value is -3.32. The summed E-state index contributed by atoms with van der Waals surface area (Å²) in [5, 5.41) is 0. The fraction of sp³-hybridized carbons (Fsp3) is 0.304. The van der Waals surface area contributed by atoms with Gasteiger partial charge in [-0.2, -0.15) is 0 Å². The second-order valence-electron chi connectivity index (χ2n) is 7.18. The van der Waals surface area contributed by atoms with Crippen molar-refractivity contribution in [2.75, 3.05) is 27.9 Å². The van der Waals surface area contributed by atoms with Crippen LogP contribution >= 0.6 is 0 Å². The van der Waals surface area contributed by atoms with E-state index >= 15 is 0 Å². The Kier molecular flexibility index (Phi) is 5.72. The van der Waals surface area contributed by atoms with Gasteiger partial charge in [-0.15, -0.1) is 0 Å². The molecule has 156 valence electrons. The first-order valence-corrected chi connectivity index (χ1v) is 9.81. The Balaban J connectivity index is 1.61. The minimum absolute atomic E-state index is 0.0859. The summed E-state index contributed by atoms with van der Waals surface area (Å²) in [7, 11) is 4.87. The van der Waals surface area contributed by atoms with Crippen LogP contribution in [0.25, 0.3) is 11.4 Å². The van der Waals surface area contributed by atoms with Crippen molar-refractivity contribution >= 4 is 0 Å². The molecule has 0 fully saturated rings. The average molecular weight is 407 g/mol. The number of rotatable bonds is 6. The zero-order valence-electron chi connectivity index (χ0n) is 17.4. The molecule has 7 nitrogen and oxygen atoms in total. The van der Waals surface area contributed by atoms with Crippen LogP contribution in [0.5, 0.6) is 17.2 Å². The number of fused-ring (bicyclic) bond motifs is 1. The average Bonchev–Trinajstić information content (AvgIpc) is 2.79. The van der Waals surface area contributed by atoms with Gasteiger partial charge in [-0.1, -0.05) is 30.3 Å². The molecule has 3 aromatic rings. The fourth-order valence-corrected chi connectivity index (χ4v) is 3.81. The Labute approximate surface area is 175 Å². The number of benzene rings is 2. The highest BCUT2D eigenvalue weighted by Gasteiger charge is 2.24. The van der Waals surface area contributed by atoms with Crippen LogP contribution in [-0.4, -0.2) is 42.7 Å². The summed E-state index contributed by atoms with van der Waals surface area (Å²) in [5.41, 5.74) is 3.33. The molecular weight excluding hydrogens is 382 g/mol. The van der Waals surface area contributed by atoms with Gasteiger partial charge < -0.3 is 19.2 Å². The molecule has 2 aromatic carbocycles. The van der Waals surface area contributed by atoms with Crippen molar-refractivity contribution in [2.24, 2.45) is 0 Å². The highest BCUT2D eigenvalue weighted by atomic mass is 16.5. The number of hydrogen-bond donors (Lipinski definition) is 1. The van der Waals surface area contributed by atoms with Gasteiger partial charge in [0.25, 0.3) is 5.56 Å². The normalized spacial score (nSPS) is 13.6. The monoisotopic (exact) mass is 407 g/mol. The lowest BCUT2D eigenvalue weighted by Crippen LogP contribution is -2.35. The lowest BCUT2D eigenvalue weighted by molar-refractivity contribution is 0.233. The maximum Gasteiger partial charge on any atom is 0.255 e. The summed E-state index contributed by atoms with van der Waals surface area (Å²) in [6.07, 6.45) is 0.708. The summed E-state index contributed by atoms with van der Waals surface area (Å²) < 4.78 is 16.5. The smallest absolute Gasteiger partial charge is 0.255 e. The Morgan fingerprint density at radius 1 is 1.03 bits per heavy atom. The van der Waals surface area contributed by atoms with Crippen molar-refractivity contribution in [2.45, 2.75) is 19.5 Å². The van der Waals surface area contributed by atoms with Crippen molar-refractivity contribution in [1.29, 1.82) is 0 Å². The molecule has 7 heteroatoms. The summed E-state index contributed by atoms with van der Waals surface area (Å²) >= 11 is 0. The molecular formula is C23H25N3O4. The zero-order valence-corrected chi connectivity index (χ0v) is 17.4. The quantitative estimate of drug-likeness (QED) is 0.677. The number of nitrogens with one attached hydrogen (secondary N) is 1. The molecule has 0 saturated carbocycles. The molecule has 4 rings (SSSR count). The molecule has 0 amide bonds. The third kappa shape index (κ3) is 3.89. The van der Waals surface area contributed by atoms with Crippen molar-refractivity contribution in [3.8, 4) is 28.6 Å².